The largest absolute Gasteiger partial charge is 0.516 e. The van der Waals surface area contributed by atoms with Crippen LogP contribution in [0.15, 0.2) is 30.8 Å². The van der Waals surface area contributed by atoms with Crippen molar-refractivity contribution in [3.05, 3.63) is 36.4 Å². The molecule has 0 aliphatic carbocycles. The van der Waals surface area contributed by atoms with Crippen molar-refractivity contribution in [2.24, 2.45) is 0 Å². The summed E-state index contributed by atoms with van der Waals surface area (Å²) < 4.78 is 8.74. The van der Waals surface area contributed by atoms with E-state index in [0.29, 0.717) is 0 Å². The van der Waals surface area contributed by atoms with E-state index in [1.807, 2.05) is 12.1 Å². The van der Waals surface area contributed by atoms with Gasteiger partial charge in [0.1, 0.15) is 0 Å². The molecular formula is C7H10NO4P. The van der Waals surface area contributed by atoms with E-state index in [1.54, 1.807) is 18.5 Å². The van der Waals surface area contributed by atoms with Crippen LogP contribution in [0.25, 0.3) is 6.08 Å². The average molecular weight is 203 g/mol. The highest BCUT2D eigenvalue weighted by molar-refractivity contribution is 7.30. The third kappa shape index (κ3) is 8.75. The van der Waals surface area contributed by atoms with Gasteiger partial charge in [-0.15, -0.1) is 0 Å². The molecule has 0 spiro atoms. The summed E-state index contributed by atoms with van der Waals surface area (Å²) in [5, 5.41) is 8.31. The highest BCUT2D eigenvalue weighted by atomic mass is 31.1. The van der Waals surface area contributed by atoms with Gasteiger partial charge in [-0.3, -0.25) is 9.55 Å². The molecule has 5 nitrogen and oxygen atoms in total. The Morgan fingerprint density at radius 2 is 2.08 bits per heavy atom. The molecule has 3 N–H and O–H groups in total. The molecular weight excluding hydrogens is 193 g/mol. The monoisotopic (exact) mass is 203 g/mol. The number of pyridine rings is 1. The van der Waals surface area contributed by atoms with Crippen molar-refractivity contribution in [1.29, 1.82) is 0 Å². The third-order valence-corrected chi connectivity index (χ3v) is 0.951. The Morgan fingerprint density at radius 1 is 1.46 bits per heavy atom. The number of nitrogens with zero attached hydrogens (tertiary/aromatic N) is 1. The van der Waals surface area contributed by atoms with Gasteiger partial charge in [-0.2, -0.15) is 0 Å². The van der Waals surface area contributed by atoms with Crippen LogP contribution >= 0.6 is 8.25 Å². The Labute approximate surface area is 76.0 Å². The Kier molecular flexibility index (Phi) is 6.82. The summed E-state index contributed by atoms with van der Waals surface area (Å²) in [6, 6.07) is 3.68. The highest BCUT2D eigenvalue weighted by Gasteiger charge is 1.79. The van der Waals surface area contributed by atoms with E-state index in [1.165, 1.54) is 0 Å². The molecule has 72 valence electrons. The van der Waals surface area contributed by atoms with Crippen LogP contribution in [0.5, 0.6) is 0 Å². The minimum atomic E-state index is -3.13. The molecule has 1 heterocycles. The molecule has 0 aliphatic heterocycles. The maximum absolute atomic E-state index is 8.74. The summed E-state index contributed by atoms with van der Waals surface area (Å²) in [5.41, 5.74) is 0.903. The minimum absolute atomic E-state index is 0.903. The Bertz CT molecular complexity index is 271. The van der Waals surface area contributed by atoms with Gasteiger partial charge in [0.2, 0.25) is 0 Å². The lowest BCUT2D eigenvalue weighted by atomic mass is 10.3. The smallest absolute Gasteiger partial charge is 0.314 e. The van der Waals surface area contributed by atoms with Crippen LogP contribution in [0.2, 0.25) is 0 Å². The maximum Gasteiger partial charge on any atom is 0.314 e. The first kappa shape index (κ1) is 11.8. The van der Waals surface area contributed by atoms with Crippen LogP contribution in [0.4, 0.5) is 0 Å². The Morgan fingerprint density at radius 3 is 2.46 bits per heavy atom. The van der Waals surface area contributed by atoms with Crippen molar-refractivity contribution in [2.45, 2.75) is 0 Å². The normalized spacial score (nSPS) is 9.77. The van der Waals surface area contributed by atoms with Crippen LogP contribution in [-0.2, 0) is 4.57 Å². The maximum atomic E-state index is 8.74. The summed E-state index contributed by atoms with van der Waals surface area (Å²) in [6.07, 6.45) is 5.94. The number of rotatable bonds is 1. The molecule has 1 aromatic heterocycles. The fourth-order valence-corrected chi connectivity index (χ4v) is 0.561. The van der Waals surface area contributed by atoms with Crippen LogP contribution in [0.1, 0.15) is 5.56 Å². The third-order valence-electron chi connectivity index (χ3n) is 0.951. The van der Waals surface area contributed by atoms with Crippen molar-refractivity contribution >= 4 is 14.3 Å². The average Bonchev–Trinajstić information content (AvgIpc) is 2.06. The zero-order chi connectivity index (χ0) is 10.1. The molecule has 0 atom stereocenters. The number of aliphatic hydroxyl groups is 1. The number of hydrogen-bond donors (Lipinski definition) is 3. The van der Waals surface area contributed by atoms with Crippen LogP contribution in [-0.4, -0.2) is 19.9 Å². The van der Waals surface area contributed by atoms with E-state index in [0.717, 1.165) is 11.8 Å². The first-order chi connectivity index (χ1) is 6.16. The SMILES string of the molecule is O=[PH](O)O.OC=Cc1cccnc1. The Hall–Kier alpha value is -1.16. The van der Waals surface area contributed by atoms with Gasteiger partial charge in [0.25, 0.3) is 0 Å². The number of aliphatic hydroxyl groups excluding tert-OH is 1. The molecule has 1 rings (SSSR count). The molecule has 0 radical (unpaired) electrons. The predicted octanol–water partition coefficient (Wildman–Crippen LogP) is 0.971. The van der Waals surface area contributed by atoms with Crippen molar-refractivity contribution in [2.75, 3.05) is 0 Å². The van der Waals surface area contributed by atoms with Crippen molar-refractivity contribution in [3.63, 3.8) is 0 Å². The summed E-state index contributed by atoms with van der Waals surface area (Å²) in [4.78, 5) is 18.2. The van der Waals surface area contributed by atoms with Gasteiger partial charge in [-0.25, -0.2) is 0 Å². The Balaban J connectivity index is 0.000000310. The fourth-order valence-electron chi connectivity index (χ4n) is 0.561. The number of hydrogen-bond acceptors (Lipinski definition) is 3. The second kappa shape index (κ2) is 7.49. The molecule has 13 heavy (non-hydrogen) atoms. The van der Waals surface area contributed by atoms with Gasteiger partial charge < -0.3 is 14.9 Å². The van der Waals surface area contributed by atoms with Crippen LogP contribution < -0.4 is 0 Å². The summed E-state index contributed by atoms with van der Waals surface area (Å²) in [6.45, 7) is 0. The lowest BCUT2D eigenvalue weighted by molar-refractivity contribution is 0.405. The molecule has 0 unspecified atom stereocenters. The highest BCUT2D eigenvalue weighted by Crippen LogP contribution is 1.98. The first-order valence-corrected chi connectivity index (χ1v) is 4.59. The van der Waals surface area contributed by atoms with E-state index in [2.05, 4.69) is 4.98 Å². The topological polar surface area (TPSA) is 90.7 Å². The first-order valence-electron chi connectivity index (χ1n) is 3.29. The van der Waals surface area contributed by atoms with Crippen molar-refractivity contribution < 1.29 is 19.5 Å². The van der Waals surface area contributed by atoms with E-state index in [-0.39, 0.29) is 0 Å². The standard InChI is InChI=1S/C7H7NO.H3O3P/c9-5-3-7-2-1-4-8-6-7;1-4(2)3/h1-6,9H;4H,(H2,1,2,3). The molecule has 0 saturated carbocycles. The lowest BCUT2D eigenvalue weighted by Crippen LogP contribution is -1.71. The molecule has 6 heteroatoms. The summed E-state index contributed by atoms with van der Waals surface area (Å²) >= 11 is 0. The second-order valence-electron chi connectivity index (χ2n) is 1.88. The second-order valence-corrected chi connectivity index (χ2v) is 2.45. The number of aromatic nitrogens is 1. The minimum Gasteiger partial charge on any atom is -0.516 e. The zero-order valence-corrected chi connectivity index (χ0v) is 7.66. The van der Waals surface area contributed by atoms with Gasteiger partial charge >= 0.3 is 8.25 Å². The molecule has 0 aliphatic rings. The van der Waals surface area contributed by atoms with Crippen LogP contribution in [0.3, 0.4) is 0 Å². The summed E-state index contributed by atoms with van der Waals surface area (Å²) in [5.74, 6) is 0. The van der Waals surface area contributed by atoms with E-state index in [4.69, 9.17) is 19.5 Å². The van der Waals surface area contributed by atoms with E-state index in [9.17, 15) is 0 Å². The molecule has 0 saturated heterocycles. The molecule has 0 aromatic carbocycles. The molecule has 1 aromatic rings. The van der Waals surface area contributed by atoms with E-state index < -0.39 is 8.25 Å². The predicted molar refractivity (Wildman–Crippen MR) is 49.3 cm³/mol. The summed E-state index contributed by atoms with van der Waals surface area (Å²) in [7, 11) is -3.13. The van der Waals surface area contributed by atoms with Gasteiger partial charge in [0, 0.05) is 12.4 Å². The van der Waals surface area contributed by atoms with E-state index >= 15 is 0 Å². The lowest BCUT2D eigenvalue weighted by Gasteiger charge is -1.85. The molecule has 0 amide bonds. The fraction of sp³-hybridized carbons (Fsp3) is 0. The van der Waals surface area contributed by atoms with Gasteiger partial charge in [0.15, 0.2) is 0 Å². The molecule has 0 bridgehead atoms. The molecule has 0 fully saturated rings. The van der Waals surface area contributed by atoms with Gasteiger partial charge in [-0.1, -0.05) is 6.07 Å². The van der Waals surface area contributed by atoms with Crippen molar-refractivity contribution in [3.8, 4) is 0 Å². The zero-order valence-electron chi connectivity index (χ0n) is 6.66. The van der Waals surface area contributed by atoms with Gasteiger partial charge in [-0.05, 0) is 17.7 Å². The van der Waals surface area contributed by atoms with Crippen LogP contribution in [0, 0.1) is 0 Å². The van der Waals surface area contributed by atoms with Gasteiger partial charge in [0.05, 0.1) is 6.26 Å². The van der Waals surface area contributed by atoms with Crippen molar-refractivity contribution in [1.82, 2.24) is 4.98 Å². The quantitative estimate of drug-likeness (QED) is 0.467.